The molecule has 0 unspecified atom stereocenters. The molecule has 0 spiro atoms. The zero-order valence-electron chi connectivity index (χ0n) is 14.5. The Hall–Kier alpha value is -2.32. The number of hydrogen-bond donors (Lipinski definition) is 0. The van der Waals surface area contributed by atoms with E-state index >= 15 is 0 Å². The molecule has 0 fully saturated rings. The van der Waals surface area contributed by atoms with Crippen molar-refractivity contribution in [2.24, 2.45) is 0 Å². The maximum atomic E-state index is 12.1. The molecule has 2 aromatic rings. The van der Waals surface area contributed by atoms with E-state index in [2.05, 4.69) is 22.0 Å². The van der Waals surface area contributed by atoms with Gasteiger partial charge < -0.3 is 9.47 Å². The maximum absolute atomic E-state index is 12.1. The summed E-state index contributed by atoms with van der Waals surface area (Å²) in [5, 5.41) is 9.04. The molecule has 0 aliphatic heterocycles. The van der Waals surface area contributed by atoms with Crippen LogP contribution in [0.4, 0.5) is 0 Å². The van der Waals surface area contributed by atoms with E-state index in [9.17, 15) is 4.79 Å². The third-order valence-corrected chi connectivity index (χ3v) is 3.67. The van der Waals surface area contributed by atoms with Gasteiger partial charge in [-0.1, -0.05) is 34.1 Å². The van der Waals surface area contributed by atoms with Crippen LogP contribution in [0, 0.1) is 11.3 Å². The van der Waals surface area contributed by atoms with E-state index in [1.54, 1.807) is 12.1 Å². The van der Waals surface area contributed by atoms with Gasteiger partial charge in [-0.25, -0.2) is 0 Å². The highest BCUT2D eigenvalue weighted by molar-refractivity contribution is 9.10. The number of benzene rings is 2. The molecule has 0 aliphatic carbocycles. The predicted octanol–water partition coefficient (Wildman–Crippen LogP) is 4.78. The van der Waals surface area contributed by atoms with Crippen LogP contribution in [0.5, 0.6) is 5.75 Å². The molecule has 5 heteroatoms. The first-order valence-electron chi connectivity index (χ1n) is 7.89. The molecule has 2 aromatic carbocycles. The van der Waals surface area contributed by atoms with Crippen LogP contribution >= 0.6 is 15.9 Å². The minimum atomic E-state index is -0.517. The standard InChI is InChI=1S/C20H20BrNO3/c1-20(2,3)25-19(23)11-16-6-4-5-7-18(16)24-13-15-8-14(12-22)9-17(21)10-15/h4-10H,11,13H2,1-3H3. The molecule has 0 radical (unpaired) electrons. The van der Waals surface area contributed by atoms with Gasteiger partial charge in [0.2, 0.25) is 0 Å². The molecular formula is C20H20BrNO3. The summed E-state index contributed by atoms with van der Waals surface area (Å²) in [4.78, 5) is 12.1. The summed E-state index contributed by atoms with van der Waals surface area (Å²) in [5.74, 6) is 0.338. The molecular weight excluding hydrogens is 382 g/mol. The van der Waals surface area contributed by atoms with Gasteiger partial charge in [0.25, 0.3) is 0 Å². The van der Waals surface area contributed by atoms with Crippen LogP contribution in [-0.4, -0.2) is 11.6 Å². The van der Waals surface area contributed by atoms with Gasteiger partial charge in [0.05, 0.1) is 18.1 Å². The fourth-order valence-corrected chi connectivity index (χ4v) is 2.82. The average molecular weight is 402 g/mol. The van der Waals surface area contributed by atoms with Crippen LogP contribution in [0.3, 0.4) is 0 Å². The van der Waals surface area contributed by atoms with Crippen LogP contribution < -0.4 is 4.74 Å². The summed E-state index contributed by atoms with van der Waals surface area (Å²) in [5.41, 5.74) is 1.69. The van der Waals surface area contributed by atoms with Gasteiger partial charge in [0, 0.05) is 10.0 Å². The van der Waals surface area contributed by atoms with Crippen molar-refractivity contribution >= 4 is 21.9 Å². The van der Waals surface area contributed by atoms with Gasteiger partial charge >= 0.3 is 5.97 Å². The van der Waals surface area contributed by atoms with E-state index in [0.717, 1.165) is 15.6 Å². The second kappa shape index (κ2) is 8.17. The van der Waals surface area contributed by atoms with Gasteiger partial charge in [-0.15, -0.1) is 0 Å². The zero-order chi connectivity index (χ0) is 18.4. The molecule has 130 valence electrons. The van der Waals surface area contributed by atoms with Gasteiger partial charge in [0.15, 0.2) is 0 Å². The van der Waals surface area contributed by atoms with Crippen molar-refractivity contribution in [2.75, 3.05) is 0 Å². The monoisotopic (exact) mass is 401 g/mol. The van der Waals surface area contributed by atoms with Crippen molar-refractivity contribution in [1.29, 1.82) is 5.26 Å². The van der Waals surface area contributed by atoms with Gasteiger partial charge in [-0.3, -0.25) is 4.79 Å². The number of nitrogens with zero attached hydrogens (tertiary/aromatic N) is 1. The third-order valence-electron chi connectivity index (χ3n) is 3.21. The first-order valence-corrected chi connectivity index (χ1v) is 8.68. The normalized spacial score (nSPS) is 10.8. The van der Waals surface area contributed by atoms with E-state index in [0.29, 0.717) is 17.9 Å². The fraction of sp³-hybridized carbons (Fsp3) is 0.300. The molecule has 0 bridgehead atoms. The molecule has 0 amide bonds. The second-order valence-corrected chi connectivity index (χ2v) is 7.54. The molecule has 4 nitrogen and oxygen atoms in total. The first kappa shape index (κ1) is 19.0. The van der Waals surface area contributed by atoms with Gasteiger partial charge in [-0.05, 0) is 50.6 Å². The Bertz CT molecular complexity index is 803. The minimum absolute atomic E-state index is 0.148. The molecule has 0 heterocycles. The molecule has 0 saturated heterocycles. The number of rotatable bonds is 5. The summed E-state index contributed by atoms with van der Waals surface area (Å²) in [6, 6.07) is 14.9. The lowest BCUT2D eigenvalue weighted by molar-refractivity contribution is -0.153. The summed E-state index contributed by atoms with van der Waals surface area (Å²) < 4.78 is 12.1. The lowest BCUT2D eigenvalue weighted by atomic mass is 10.1. The summed E-state index contributed by atoms with van der Waals surface area (Å²) in [6.07, 6.45) is 0.148. The highest BCUT2D eigenvalue weighted by atomic mass is 79.9. The van der Waals surface area contributed by atoms with E-state index in [-0.39, 0.29) is 12.4 Å². The van der Waals surface area contributed by atoms with Crippen LogP contribution in [0.15, 0.2) is 46.9 Å². The van der Waals surface area contributed by atoms with Crippen LogP contribution in [0.1, 0.15) is 37.5 Å². The Kier molecular flexibility index (Phi) is 6.22. The lowest BCUT2D eigenvalue weighted by Crippen LogP contribution is -2.25. The van der Waals surface area contributed by atoms with Crippen LogP contribution in [0.2, 0.25) is 0 Å². The number of carbonyl (C=O) groups excluding carboxylic acids is 1. The second-order valence-electron chi connectivity index (χ2n) is 6.62. The van der Waals surface area contributed by atoms with Crippen LogP contribution in [-0.2, 0) is 22.6 Å². The largest absolute Gasteiger partial charge is 0.489 e. The lowest BCUT2D eigenvalue weighted by Gasteiger charge is -2.20. The molecule has 2 rings (SSSR count). The maximum Gasteiger partial charge on any atom is 0.310 e. The molecule has 0 atom stereocenters. The predicted molar refractivity (Wildman–Crippen MR) is 99.2 cm³/mol. The quantitative estimate of drug-likeness (QED) is 0.676. The highest BCUT2D eigenvalue weighted by Crippen LogP contribution is 2.23. The van der Waals surface area contributed by atoms with Crippen molar-refractivity contribution in [2.45, 2.75) is 39.4 Å². The molecule has 0 saturated carbocycles. The SMILES string of the molecule is CC(C)(C)OC(=O)Cc1ccccc1OCc1cc(Br)cc(C#N)c1. The average Bonchev–Trinajstić information content (AvgIpc) is 2.51. The van der Waals surface area contributed by atoms with Crippen molar-refractivity contribution < 1.29 is 14.3 Å². The summed E-state index contributed by atoms with van der Waals surface area (Å²) in [7, 11) is 0. The van der Waals surface area contributed by atoms with Crippen LogP contribution in [0.25, 0.3) is 0 Å². The minimum Gasteiger partial charge on any atom is -0.489 e. The Morgan fingerprint density at radius 1 is 1.20 bits per heavy atom. The van der Waals surface area contributed by atoms with Crippen molar-refractivity contribution in [3.8, 4) is 11.8 Å². The third kappa shape index (κ3) is 6.24. The zero-order valence-corrected chi connectivity index (χ0v) is 16.1. The molecule has 0 aromatic heterocycles. The topological polar surface area (TPSA) is 59.3 Å². The first-order chi connectivity index (χ1) is 11.8. The Morgan fingerprint density at radius 3 is 2.60 bits per heavy atom. The van der Waals surface area contributed by atoms with E-state index in [1.807, 2.05) is 51.1 Å². The number of ether oxygens (including phenoxy) is 2. The number of esters is 1. The molecule has 25 heavy (non-hydrogen) atoms. The fourth-order valence-electron chi connectivity index (χ4n) is 2.28. The molecule has 0 aliphatic rings. The number of para-hydroxylation sites is 1. The smallest absolute Gasteiger partial charge is 0.310 e. The summed E-state index contributed by atoms with van der Waals surface area (Å²) >= 11 is 3.39. The highest BCUT2D eigenvalue weighted by Gasteiger charge is 2.18. The van der Waals surface area contributed by atoms with Gasteiger partial charge in [0.1, 0.15) is 18.0 Å². The number of nitriles is 1. The van der Waals surface area contributed by atoms with Crippen molar-refractivity contribution in [3.63, 3.8) is 0 Å². The van der Waals surface area contributed by atoms with Crippen molar-refractivity contribution in [3.05, 3.63) is 63.6 Å². The Labute approximate surface area is 156 Å². The summed E-state index contributed by atoms with van der Waals surface area (Å²) in [6.45, 7) is 5.83. The number of halogens is 1. The van der Waals surface area contributed by atoms with Gasteiger partial charge in [-0.2, -0.15) is 5.26 Å². The Balaban J connectivity index is 2.10. The van der Waals surface area contributed by atoms with E-state index < -0.39 is 5.60 Å². The molecule has 0 N–H and O–H groups in total. The van der Waals surface area contributed by atoms with E-state index in [4.69, 9.17) is 14.7 Å². The number of hydrogen-bond acceptors (Lipinski definition) is 4. The van der Waals surface area contributed by atoms with E-state index in [1.165, 1.54) is 0 Å². The van der Waals surface area contributed by atoms with Crippen molar-refractivity contribution in [1.82, 2.24) is 0 Å². The Morgan fingerprint density at radius 2 is 1.92 bits per heavy atom. The number of carbonyl (C=O) groups is 1.